The zero-order chi connectivity index (χ0) is 15.6. The van der Waals surface area contributed by atoms with Crippen molar-refractivity contribution in [3.63, 3.8) is 0 Å². The Hall–Kier alpha value is -0.970. The van der Waals surface area contributed by atoms with Crippen LogP contribution in [0.4, 0.5) is 4.79 Å². The molecule has 0 aliphatic heterocycles. The number of hydrogen-bond donors (Lipinski definition) is 2. The van der Waals surface area contributed by atoms with Crippen molar-refractivity contribution >= 4 is 29.2 Å². The molecule has 2 rings (SSSR count). The summed E-state index contributed by atoms with van der Waals surface area (Å²) < 4.78 is 0. The molecule has 3 unspecified atom stereocenters. The van der Waals surface area contributed by atoms with Crippen molar-refractivity contribution in [1.82, 2.24) is 10.2 Å². The first kappa shape index (κ1) is 16.4. The van der Waals surface area contributed by atoms with Gasteiger partial charge in [-0.1, -0.05) is 29.3 Å². The number of amides is 2. The summed E-state index contributed by atoms with van der Waals surface area (Å²) >= 11 is 12.1. The third kappa shape index (κ3) is 4.02. The summed E-state index contributed by atoms with van der Waals surface area (Å²) in [5.74, 6) is 0.793. The van der Waals surface area contributed by atoms with E-state index < -0.39 is 0 Å². The molecule has 2 amide bonds. The normalized spacial score (nSPS) is 21.8. The zero-order valence-corrected chi connectivity index (χ0v) is 13.7. The van der Waals surface area contributed by atoms with Crippen molar-refractivity contribution in [3.05, 3.63) is 33.8 Å². The lowest BCUT2D eigenvalue weighted by molar-refractivity contribution is 0.157. The average molecular weight is 331 g/mol. The molecule has 3 atom stereocenters. The largest absolute Gasteiger partial charge is 0.394 e. The molecule has 1 aromatic rings. The molecule has 21 heavy (non-hydrogen) atoms. The minimum atomic E-state index is -0.189. The van der Waals surface area contributed by atoms with E-state index in [4.69, 9.17) is 28.3 Å². The lowest BCUT2D eigenvalue weighted by Gasteiger charge is -2.23. The van der Waals surface area contributed by atoms with Gasteiger partial charge in [0.05, 0.1) is 12.6 Å². The van der Waals surface area contributed by atoms with Gasteiger partial charge in [-0.05, 0) is 42.9 Å². The maximum atomic E-state index is 11.9. The van der Waals surface area contributed by atoms with E-state index in [1.54, 1.807) is 20.0 Å². The number of urea groups is 1. The fraction of sp³-hybridized carbons (Fsp3) is 0.533. The second kappa shape index (κ2) is 6.86. The van der Waals surface area contributed by atoms with E-state index in [-0.39, 0.29) is 18.7 Å². The predicted molar refractivity (Wildman–Crippen MR) is 85.0 cm³/mol. The number of aliphatic hydroxyl groups is 1. The standard InChI is InChI=1S/C15H20Cl2N2O2/c1-9(8-20)19(2)15(21)18-7-10-5-13(10)12-4-3-11(16)6-14(12)17/h3-4,6,9-10,13,20H,5,7-8H2,1-2H3,(H,18,21). The van der Waals surface area contributed by atoms with Crippen LogP contribution in [0.5, 0.6) is 0 Å². The van der Waals surface area contributed by atoms with Crippen molar-refractivity contribution in [3.8, 4) is 0 Å². The van der Waals surface area contributed by atoms with Crippen LogP contribution >= 0.6 is 23.2 Å². The van der Waals surface area contributed by atoms with E-state index in [1.165, 1.54) is 4.90 Å². The molecule has 2 N–H and O–H groups in total. The molecular weight excluding hydrogens is 311 g/mol. The minimum Gasteiger partial charge on any atom is -0.394 e. The van der Waals surface area contributed by atoms with Crippen LogP contribution in [0.2, 0.25) is 10.0 Å². The molecular formula is C15H20Cl2N2O2. The van der Waals surface area contributed by atoms with Crippen LogP contribution in [0.3, 0.4) is 0 Å². The fourth-order valence-corrected chi connectivity index (χ4v) is 2.87. The highest BCUT2D eigenvalue weighted by Gasteiger charge is 2.39. The van der Waals surface area contributed by atoms with Crippen LogP contribution in [0.15, 0.2) is 18.2 Å². The Morgan fingerprint density at radius 1 is 1.52 bits per heavy atom. The van der Waals surface area contributed by atoms with Crippen molar-refractivity contribution < 1.29 is 9.90 Å². The minimum absolute atomic E-state index is 0.0453. The Balaban J connectivity index is 1.83. The monoisotopic (exact) mass is 330 g/mol. The maximum Gasteiger partial charge on any atom is 0.317 e. The van der Waals surface area contributed by atoms with E-state index in [2.05, 4.69) is 5.32 Å². The van der Waals surface area contributed by atoms with Gasteiger partial charge in [-0.3, -0.25) is 0 Å². The lowest BCUT2D eigenvalue weighted by Crippen LogP contribution is -2.44. The number of halogens is 2. The van der Waals surface area contributed by atoms with Gasteiger partial charge >= 0.3 is 6.03 Å². The highest BCUT2D eigenvalue weighted by atomic mass is 35.5. The number of carbonyl (C=O) groups excluding carboxylic acids is 1. The van der Waals surface area contributed by atoms with Gasteiger partial charge < -0.3 is 15.3 Å². The molecule has 0 bridgehead atoms. The second-order valence-corrected chi connectivity index (χ2v) is 6.44. The molecule has 0 aromatic heterocycles. The van der Waals surface area contributed by atoms with Crippen LogP contribution in [0.25, 0.3) is 0 Å². The van der Waals surface area contributed by atoms with Crippen molar-refractivity contribution in [2.24, 2.45) is 5.92 Å². The van der Waals surface area contributed by atoms with Gasteiger partial charge in [0.1, 0.15) is 0 Å². The van der Waals surface area contributed by atoms with E-state index in [0.29, 0.717) is 28.4 Å². The summed E-state index contributed by atoms with van der Waals surface area (Å²) in [6, 6.07) is 5.20. The number of nitrogens with zero attached hydrogens (tertiary/aromatic N) is 1. The van der Waals surface area contributed by atoms with E-state index >= 15 is 0 Å². The third-order valence-electron chi connectivity index (χ3n) is 4.05. The SMILES string of the molecule is CC(CO)N(C)C(=O)NCC1CC1c1ccc(Cl)cc1Cl. The molecule has 116 valence electrons. The quantitative estimate of drug-likeness (QED) is 0.871. The van der Waals surface area contributed by atoms with Crippen molar-refractivity contribution in [2.45, 2.75) is 25.3 Å². The Bertz CT molecular complexity index is 524. The molecule has 0 radical (unpaired) electrons. The molecule has 1 aliphatic rings. The van der Waals surface area contributed by atoms with E-state index in [0.717, 1.165) is 12.0 Å². The molecule has 0 saturated heterocycles. The van der Waals surface area contributed by atoms with Gasteiger partial charge in [0.25, 0.3) is 0 Å². The molecule has 0 heterocycles. The van der Waals surface area contributed by atoms with Crippen LogP contribution in [0.1, 0.15) is 24.8 Å². The molecule has 4 nitrogen and oxygen atoms in total. The lowest BCUT2D eigenvalue weighted by atomic mass is 10.1. The smallest absolute Gasteiger partial charge is 0.317 e. The van der Waals surface area contributed by atoms with Crippen LogP contribution in [0, 0.1) is 5.92 Å². The molecule has 1 saturated carbocycles. The number of hydrogen-bond acceptors (Lipinski definition) is 2. The van der Waals surface area contributed by atoms with Gasteiger partial charge in [-0.15, -0.1) is 0 Å². The first-order valence-electron chi connectivity index (χ1n) is 7.00. The van der Waals surface area contributed by atoms with Gasteiger partial charge in [0.15, 0.2) is 0 Å². The number of nitrogens with one attached hydrogen (secondary N) is 1. The maximum absolute atomic E-state index is 11.9. The number of rotatable bonds is 5. The number of benzene rings is 1. The topological polar surface area (TPSA) is 52.6 Å². The fourth-order valence-electron chi connectivity index (χ4n) is 2.32. The summed E-state index contributed by atoms with van der Waals surface area (Å²) in [5.41, 5.74) is 1.09. The van der Waals surface area contributed by atoms with Crippen LogP contribution in [-0.2, 0) is 0 Å². The van der Waals surface area contributed by atoms with E-state index in [9.17, 15) is 4.79 Å². The summed E-state index contributed by atoms with van der Waals surface area (Å²) in [6.45, 7) is 2.37. The summed E-state index contributed by atoms with van der Waals surface area (Å²) in [5, 5.41) is 13.3. The number of aliphatic hydroxyl groups excluding tert-OH is 1. The molecule has 1 aromatic carbocycles. The highest BCUT2D eigenvalue weighted by Crippen LogP contribution is 2.49. The van der Waals surface area contributed by atoms with E-state index in [1.807, 2.05) is 12.1 Å². The molecule has 0 spiro atoms. The summed E-state index contributed by atoms with van der Waals surface area (Å²) in [7, 11) is 1.68. The number of likely N-dealkylation sites (N-methyl/N-ethyl adjacent to an activating group) is 1. The summed E-state index contributed by atoms with van der Waals surface area (Å²) in [4.78, 5) is 13.4. The first-order valence-corrected chi connectivity index (χ1v) is 7.76. The van der Waals surface area contributed by atoms with Crippen LogP contribution < -0.4 is 5.32 Å². The highest BCUT2D eigenvalue weighted by molar-refractivity contribution is 6.35. The predicted octanol–water partition coefficient (Wildman–Crippen LogP) is 3.12. The molecule has 6 heteroatoms. The first-order chi connectivity index (χ1) is 9.93. The summed E-state index contributed by atoms with van der Waals surface area (Å²) in [6.07, 6.45) is 1.01. The second-order valence-electron chi connectivity index (χ2n) is 5.60. The average Bonchev–Trinajstić information content (AvgIpc) is 3.22. The van der Waals surface area contributed by atoms with Crippen LogP contribution in [-0.4, -0.2) is 42.3 Å². The zero-order valence-electron chi connectivity index (χ0n) is 12.1. The Kier molecular flexibility index (Phi) is 5.36. The Labute approximate surface area is 135 Å². The van der Waals surface area contributed by atoms with Crippen molar-refractivity contribution in [2.75, 3.05) is 20.2 Å². The Morgan fingerprint density at radius 2 is 2.24 bits per heavy atom. The van der Waals surface area contributed by atoms with Gasteiger partial charge in [-0.2, -0.15) is 0 Å². The number of carbonyl (C=O) groups is 1. The third-order valence-corrected chi connectivity index (χ3v) is 4.61. The van der Waals surface area contributed by atoms with Gasteiger partial charge in [0.2, 0.25) is 0 Å². The molecule has 1 fully saturated rings. The Morgan fingerprint density at radius 3 is 2.86 bits per heavy atom. The van der Waals surface area contributed by atoms with Gasteiger partial charge in [-0.25, -0.2) is 4.79 Å². The molecule has 1 aliphatic carbocycles. The van der Waals surface area contributed by atoms with Gasteiger partial charge in [0, 0.05) is 23.6 Å². The van der Waals surface area contributed by atoms with Crippen molar-refractivity contribution in [1.29, 1.82) is 0 Å².